The lowest BCUT2D eigenvalue weighted by atomic mass is 9.60. The number of benzene rings is 8. The summed E-state index contributed by atoms with van der Waals surface area (Å²) in [6, 6.07) is 62.6. The van der Waals surface area contributed by atoms with Crippen molar-refractivity contribution in [3.63, 3.8) is 0 Å². The normalized spacial score (nSPS) is 17.5. The number of aromatic nitrogens is 1. The molecule has 9 aromatic rings. The van der Waals surface area contributed by atoms with Gasteiger partial charge in [0.1, 0.15) is 46.0 Å². The van der Waals surface area contributed by atoms with E-state index in [9.17, 15) is 0 Å². The van der Waals surface area contributed by atoms with Crippen LogP contribution in [0.4, 0.5) is 0 Å². The second-order valence-electron chi connectivity index (χ2n) is 17.2. The summed E-state index contributed by atoms with van der Waals surface area (Å²) in [5.41, 5.74) is 10.5. The van der Waals surface area contributed by atoms with Gasteiger partial charge < -0.3 is 23.5 Å². The minimum Gasteiger partial charge on any atom is -0.461 e. The summed E-state index contributed by atoms with van der Waals surface area (Å²) in [5.74, 6) is 7.21. The van der Waals surface area contributed by atoms with Gasteiger partial charge in [0, 0.05) is 79.5 Å². The Labute approximate surface area is 358 Å². The van der Waals surface area contributed by atoms with E-state index >= 15 is 0 Å². The first-order chi connectivity index (χ1) is 30.6. The third kappa shape index (κ3) is 4.22. The smallest absolute Gasteiger partial charge is 0.134 e. The van der Waals surface area contributed by atoms with Gasteiger partial charge in [0.2, 0.25) is 0 Å². The van der Waals surface area contributed by atoms with Gasteiger partial charge in [0.25, 0.3) is 0 Å². The summed E-state index contributed by atoms with van der Waals surface area (Å²) in [4.78, 5) is 0. The number of nitrogens with zero attached hydrogens (tertiary/aromatic N) is 1. The van der Waals surface area contributed by atoms with Gasteiger partial charge in [-0.25, -0.2) is 0 Å². The first-order valence-electron chi connectivity index (χ1n) is 21.5. The average Bonchev–Trinajstić information content (AvgIpc) is 3.62. The molecule has 2 spiro atoms. The Balaban J connectivity index is 1.15. The maximum atomic E-state index is 7.20. The van der Waals surface area contributed by atoms with Gasteiger partial charge in [0.05, 0.1) is 21.9 Å². The van der Waals surface area contributed by atoms with Crippen LogP contribution in [0.3, 0.4) is 0 Å². The van der Waals surface area contributed by atoms with Crippen LogP contribution in [0.15, 0.2) is 199 Å². The van der Waals surface area contributed by atoms with Crippen LogP contribution in [0, 0.1) is 5.92 Å². The van der Waals surface area contributed by atoms with Gasteiger partial charge in [-0.3, -0.25) is 0 Å². The van der Waals surface area contributed by atoms with Crippen molar-refractivity contribution in [3.05, 3.63) is 238 Å². The molecule has 1 atom stereocenters. The highest BCUT2D eigenvalue weighted by atomic mass is 16.5. The molecule has 1 unspecified atom stereocenters. The molecule has 1 aliphatic carbocycles. The van der Waals surface area contributed by atoms with Crippen LogP contribution in [-0.2, 0) is 10.8 Å². The lowest BCUT2D eigenvalue weighted by Crippen LogP contribution is -2.39. The number of hydrogen-bond acceptors (Lipinski definition) is 4. The number of fused-ring (bicyclic) bond motifs is 18. The van der Waals surface area contributed by atoms with Crippen LogP contribution >= 0.6 is 0 Å². The van der Waals surface area contributed by atoms with Crippen LogP contribution in [-0.4, -0.2) is 4.57 Å². The van der Waals surface area contributed by atoms with Crippen molar-refractivity contribution in [3.8, 4) is 45.9 Å². The second kappa shape index (κ2) is 12.2. The zero-order valence-electron chi connectivity index (χ0n) is 33.8. The van der Waals surface area contributed by atoms with Crippen molar-refractivity contribution < 1.29 is 18.9 Å². The maximum absolute atomic E-state index is 7.20. The molecule has 14 rings (SSSR count). The quantitative estimate of drug-likeness (QED) is 0.166. The molecule has 5 nitrogen and oxygen atoms in total. The molecule has 62 heavy (non-hydrogen) atoms. The van der Waals surface area contributed by atoms with Crippen molar-refractivity contribution in [1.29, 1.82) is 0 Å². The third-order valence-corrected chi connectivity index (χ3v) is 13.9. The number of para-hydroxylation sites is 6. The zero-order valence-corrected chi connectivity index (χ0v) is 33.8. The molecule has 5 heterocycles. The van der Waals surface area contributed by atoms with Crippen molar-refractivity contribution in [2.45, 2.75) is 24.2 Å². The van der Waals surface area contributed by atoms with E-state index in [1.54, 1.807) is 0 Å². The summed E-state index contributed by atoms with van der Waals surface area (Å²) in [6.07, 6.45) is 5.46. The highest BCUT2D eigenvalue weighted by Crippen LogP contribution is 2.64. The summed E-state index contributed by atoms with van der Waals surface area (Å²) in [5, 5.41) is 2.24. The Morgan fingerprint density at radius 2 is 0.823 bits per heavy atom. The minimum atomic E-state index is -0.731. The van der Waals surface area contributed by atoms with Gasteiger partial charge in [-0.05, 0) is 60.5 Å². The molecule has 0 radical (unpaired) electrons. The fraction of sp³-hybridized carbons (Fsp3) is 0.0877. The van der Waals surface area contributed by atoms with E-state index in [-0.39, 0.29) is 0 Å². The average molecular weight is 800 g/mol. The van der Waals surface area contributed by atoms with Crippen LogP contribution in [0.25, 0.3) is 27.5 Å². The molecule has 0 amide bonds. The predicted octanol–water partition coefficient (Wildman–Crippen LogP) is 14.1. The molecule has 5 heteroatoms. The van der Waals surface area contributed by atoms with Crippen LogP contribution in [0.5, 0.6) is 40.2 Å². The zero-order chi connectivity index (χ0) is 40.7. The number of rotatable bonds is 1. The maximum Gasteiger partial charge on any atom is 0.134 e. The molecule has 0 saturated heterocycles. The van der Waals surface area contributed by atoms with Crippen molar-refractivity contribution in [2.24, 2.45) is 5.92 Å². The molecule has 0 fully saturated rings. The molecule has 0 saturated carbocycles. The molecule has 4 aliphatic heterocycles. The van der Waals surface area contributed by atoms with E-state index in [0.29, 0.717) is 5.92 Å². The van der Waals surface area contributed by atoms with Gasteiger partial charge in [-0.15, -0.1) is 0 Å². The summed E-state index contributed by atoms with van der Waals surface area (Å²) in [7, 11) is 0. The number of hydrogen-bond donors (Lipinski definition) is 0. The van der Waals surface area contributed by atoms with E-state index in [1.165, 1.54) is 0 Å². The largest absolute Gasteiger partial charge is 0.461 e. The number of ether oxygens (including phenoxy) is 4. The minimum absolute atomic E-state index is 0.334. The molecule has 294 valence electrons. The lowest BCUT2D eigenvalue weighted by Gasteiger charge is -2.46. The SMILES string of the molecule is CC1C=CC2=C(C1)Oc1cc3c(cc1C21c2ccccc2Oc2ccccc21)c1cc2c(cc1n3-c1ccccc1)Oc1ccccc1C21c2ccccc2Oc2ccccc21. The fourth-order valence-electron chi connectivity index (χ4n) is 11.5. The van der Waals surface area contributed by atoms with Crippen LogP contribution in [0.2, 0.25) is 0 Å². The Kier molecular flexibility index (Phi) is 6.68. The molecule has 5 aliphatic rings. The fourth-order valence-corrected chi connectivity index (χ4v) is 11.5. The second-order valence-corrected chi connectivity index (χ2v) is 17.2. The van der Waals surface area contributed by atoms with Gasteiger partial charge in [-0.2, -0.15) is 0 Å². The van der Waals surface area contributed by atoms with Gasteiger partial charge in [-0.1, -0.05) is 128 Å². The third-order valence-electron chi connectivity index (χ3n) is 13.9. The highest BCUT2D eigenvalue weighted by molar-refractivity contribution is 6.11. The lowest BCUT2D eigenvalue weighted by molar-refractivity contribution is 0.338. The Morgan fingerprint density at radius 1 is 0.419 bits per heavy atom. The molecular weight excluding hydrogens is 763 g/mol. The van der Waals surface area contributed by atoms with Crippen molar-refractivity contribution >= 4 is 21.8 Å². The Morgan fingerprint density at radius 3 is 1.32 bits per heavy atom. The first kappa shape index (κ1) is 34.0. The molecule has 0 N–H and O–H groups in total. The standard InChI is InChI=1S/C57H37NO4/c1-34-27-28-43-53(29-34)62-55-33-47-37(31-45(55)57(43)40-19-7-12-24-50(40)60-51-25-13-8-20-41(51)57)36-30-44-54(32-46(36)58(47)35-15-3-2-4-16-35)61-52-26-14-9-21-42(52)56(44)38-17-5-10-22-48(38)59-49-23-11-6-18-39(49)56/h2-28,30-34H,29H2,1H3. The van der Waals surface area contributed by atoms with Crippen molar-refractivity contribution in [1.82, 2.24) is 4.57 Å². The van der Waals surface area contributed by atoms with E-state index < -0.39 is 10.8 Å². The van der Waals surface area contributed by atoms with Crippen LogP contribution < -0.4 is 18.9 Å². The van der Waals surface area contributed by atoms with E-state index in [2.05, 4.69) is 200 Å². The summed E-state index contributed by atoms with van der Waals surface area (Å²) >= 11 is 0. The molecule has 0 bridgehead atoms. The molecule has 8 aromatic carbocycles. The molecular formula is C57H37NO4. The van der Waals surface area contributed by atoms with Crippen LogP contribution in [0.1, 0.15) is 52.3 Å². The monoisotopic (exact) mass is 799 g/mol. The van der Waals surface area contributed by atoms with E-state index in [0.717, 1.165) is 124 Å². The molecule has 1 aromatic heterocycles. The topological polar surface area (TPSA) is 41.9 Å². The first-order valence-corrected chi connectivity index (χ1v) is 21.5. The summed E-state index contributed by atoms with van der Waals surface area (Å²) in [6.45, 7) is 2.26. The van der Waals surface area contributed by atoms with E-state index in [1.807, 2.05) is 0 Å². The van der Waals surface area contributed by atoms with Gasteiger partial charge in [0.15, 0.2) is 0 Å². The van der Waals surface area contributed by atoms with E-state index in [4.69, 9.17) is 18.9 Å². The predicted molar refractivity (Wildman–Crippen MR) is 243 cm³/mol. The summed E-state index contributed by atoms with van der Waals surface area (Å²) < 4.78 is 30.1. The highest BCUT2D eigenvalue weighted by Gasteiger charge is 2.53. The Bertz CT molecular complexity index is 3370. The van der Waals surface area contributed by atoms with Crippen molar-refractivity contribution in [2.75, 3.05) is 0 Å². The number of allylic oxidation sites excluding steroid dienone is 4. The van der Waals surface area contributed by atoms with Gasteiger partial charge >= 0.3 is 0 Å². The Hall–Kier alpha value is -7.76.